The molecule has 0 spiro atoms. The molecule has 5 heteroatoms. The summed E-state index contributed by atoms with van der Waals surface area (Å²) in [5.41, 5.74) is 0.796. The van der Waals surface area contributed by atoms with Crippen molar-refractivity contribution in [3.05, 3.63) is 33.9 Å². The first kappa shape index (κ1) is 14.5. The van der Waals surface area contributed by atoms with Crippen LogP contribution in [0.4, 0.5) is 11.4 Å². The molecule has 1 saturated carbocycles. The number of anilines is 1. The van der Waals surface area contributed by atoms with E-state index in [1.165, 1.54) is 31.7 Å². The van der Waals surface area contributed by atoms with Gasteiger partial charge in [0.25, 0.3) is 5.69 Å². The Morgan fingerprint density at radius 3 is 2.80 bits per heavy atom. The van der Waals surface area contributed by atoms with E-state index in [-0.39, 0.29) is 5.69 Å². The number of hydrogen-bond donors (Lipinski definition) is 1. The maximum absolute atomic E-state index is 11.1. The van der Waals surface area contributed by atoms with Gasteiger partial charge in [-0.2, -0.15) is 0 Å². The zero-order valence-electron chi connectivity index (χ0n) is 11.7. The van der Waals surface area contributed by atoms with Crippen LogP contribution >= 0.6 is 0 Å². The van der Waals surface area contributed by atoms with E-state index >= 15 is 0 Å². The highest BCUT2D eigenvalue weighted by atomic mass is 16.6. The summed E-state index contributed by atoms with van der Waals surface area (Å²) in [6.45, 7) is 3.00. The predicted octanol–water partition coefficient (Wildman–Crippen LogP) is 3.65. The molecule has 0 aliphatic heterocycles. The second-order valence-electron chi connectivity index (χ2n) is 5.55. The van der Waals surface area contributed by atoms with Crippen molar-refractivity contribution >= 4 is 17.7 Å². The molecule has 2 rings (SSSR count). The molecule has 0 aromatic heterocycles. The van der Waals surface area contributed by atoms with Crippen LogP contribution in [0.15, 0.2) is 18.2 Å². The van der Waals surface area contributed by atoms with Gasteiger partial charge in [0.15, 0.2) is 0 Å². The highest BCUT2D eigenvalue weighted by Crippen LogP contribution is 2.31. The highest BCUT2D eigenvalue weighted by Gasteiger charge is 2.22. The molecule has 0 saturated heterocycles. The molecule has 1 fully saturated rings. The Morgan fingerprint density at radius 1 is 1.40 bits per heavy atom. The number of nitrogens with one attached hydrogen (secondary N) is 1. The van der Waals surface area contributed by atoms with E-state index in [1.807, 2.05) is 0 Å². The number of nitrogens with zero attached hydrogens (tertiary/aromatic N) is 1. The van der Waals surface area contributed by atoms with E-state index in [2.05, 4.69) is 12.2 Å². The summed E-state index contributed by atoms with van der Waals surface area (Å²) in [4.78, 5) is 21.3. The van der Waals surface area contributed by atoms with Gasteiger partial charge in [0.2, 0.25) is 0 Å². The minimum atomic E-state index is -0.445. The van der Waals surface area contributed by atoms with Gasteiger partial charge in [-0.3, -0.25) is 14.9 Å². The molecule has 0 radical (unpaired) electrons. The molecule has 108 valence electrons. The number of nitro groups is 1. The Hall–Kier alpha value is -1.91. The van der Waals surface area contributed by atoms with Gasteiger partial charge in [-0.1, -0.05) is 26.2 Å². The number of hydrogen-bond acceptors (Lipinski definition) is 4. The van der Waals surface area contributed by atoms with Gasteiger partial charge < -0.3 is 5.32 Å². The van der Waals surface area contributed by atoms with Gasteiger partial charge in [0.05, 0.1) is 4.92 Å². The lowest BCUT2D eigenvalue weighted by Crippen LogP contribution is -2.24. The van der Waals surface area contributed by atoms with Crippen LogP contribution in [0.3, 0.4) is 0 Å². The summed E-state index contributed by atoms with van der Waals surface area (Å²) in [7, 11) is 0. The van der Waals surface area contributed by atoms with Gasteiger partial charge in [-0.05, 0) is 30.4 Å². The molecule has 1 aromatic rings. The quantitative estimate of drug-likeness (QED) is 0.506. The third-order valence-electron chi connectivity index (χ3n) is 4.20. The standard InChI is InChI=1S/C15H20N2O3/c1-11-4-2-3-5-13(11)9-16-14-7-6-12(10-18)8-15(14)17(19)20/h6-8,10-11,13,16H,2-5,9H2,1H3. The fraction of sp³-hybridized carbons (Fsp3) is 0.533. The molecule has 0 heterocycles. The minimum Gasteiger partial charge on any atom is -0.379 e. The molecule has 1 aliphatic rings. The van der Waals surface area contributed by atoms with Gasteiger partial charge in [0, 0.05) is 18.2 Å². The summed E-state index contributed by atoms with van der Waals surface area (Å²) in [6.07, 6.45) is 5.56. The lowest BCUT2D eigenvalue weighted by molar-refractivity contribution is -0.384. The minimum absolute atomic E-state index is 0.0296. The number of nitro benzene ring substituents is 1. The topological polar surface area (TPSA) is 72.2 Å². The number of carbonyl (C=O) groups excluding carboxylic acids is 1. The molecule has 2 atom stereocenters. The Labute approximate surface area is 118 Å². The van der Waals surface area contributed by atoms with Crippen molar-refractivity contribution in [2.24, 2.45) is 11.8 Å². The fourth-order valence-corrected chi connectivity index (χ4v) is 2.86. The average molecular weight is 276 g/mol. The maximum Gasteiger partial charge on any atom is 0.293 e. The predicted molar refractivity (Wildman–Crippen MR) is 78.1 cm³/mol. The van der Waals surface area contributed by atoms with Crippen molar-refractivity contribution in [3.63, 3.8) is 0 Å². The fourth-order valence-electron chi connectivity index (χ4n) is 2.86. The number of carbonyl (C=O) groups is 1. The van der Waals surface area contributed by atoms with E-state index in [0.29, 0.717) is 29.4 Å². The molecular weight excluding hydrogens is 256 g/mol. The molecule has 1 aromatic carbocycles. The molecule has 0 amide bonds. The zero-order valence-corrected chi connectivity index (χ0v) is 11.7. The Balaban J connectivity index is 2.08. The third-order valence-corrected chi connectivity index (χ3v) is 4.20. The van der Waals surface area contributed by atoms with E-state index in [1.54, 1.807) is 12.1 Å². The summed E-state index contributed by atoms with van der Waals surface area (Å²) >= 11 is 0. The average Bonchev–Trinajstić information content (AvgIpc) is 2.46. The molecule has 20 heavy (non-hydrogen) atoms. The largest absolute Gasteiger partial charge is 0.379 e. The summed E-state index contributed by atoms with van der Waals surface area (Å²) in [5, 5.41) is 14.2. The van der Waals surface area contributed by atoms with Crippen LogP contribution in [0.2, 0.25) is 0 Å². The highest BCUT2D eigenvalue weighted by molar-refractivity contribution is 5.79. The Kier molecular flexibility index (Phi) is 4.71. The zero-order chi connectivity index (χ0) is 14.5. The van der Waals surface area contributed by atoms with Crippen molar-refractivity contribution in [2.45, 2.75) is 32.6 Å². The third kappa shape index (κ3) is 3.35. The van der Waals surface area contributed by atoms with Crippen LogP contribution in [0.25, 0.3) is 0 Å². The Bertz CT molecular complexity index is 502. The Morgan fingerprint density at radius 2 is 2.15 bits per heavy atom. The lowest BCUT2D eigenvalue weighted by atomic mass is 9.80. The summed E-state index contributed by atoms with van der Waals surface area (Å²) in [6, 6.07) is 4.54. The van der Waals surface area contributed by atoms with Gasteiger partial charge in [0.1, 0.15) is 12.0 Å². The van der Waals surface area contributed by atoms with Crippen LogP contribution in [-0.4, -0.2) is 17.8 Å². The molecule has 5 nitrogen and oxygen atoms in total. The van der Waals surface area contributed by atoms with Crippen molar-refractivity contribution in [2.75, 3.05) is 11.9 Å². The van der Waals surface area contributed by atoms with Crippen molar-refractivity contribution in [1.29, 1.82) is 0 Å². The van der Waals surface area contributed by atoms with E-state index in [9.17, 15) is 14.9 Å². The SMILES string of the molecule is CC1CCCCC1CNc1ccc(C=O)cc1[N+](=O)[O-]. The first-order valence-electron chi connectivity index (χ1n) is 7.09. The van der Waals surface area contributed by atoms with Gasteiger partial charge >= 0.3 is 0 Å². The first-order chi connectivity index (χ1) is 9.61. The van der Waals surface area contributed by atoms with Crippen LogP contribution in [-0.2, 0) is 0 Å². The smallest absolute Gasteiger partial charge is 0.293 e. The molecule has 2 unspecified atom stereocenters. The summed E-state index contributed by atoms with van der Waals surface area (Å²) in [5.74, 6) is 1.22. The molecule has 0 bridgehead atoms. The molecule has 1 N–H and O–H groups in total. The second-order valence-corrected chi connectivity index (χ2v) is 5.55. The van der Waals surface area contributed by atoms with E-state index in [4.69, 9.17) is 0 Å². The monoisotopic (exact) mass is 276 g/mol. The van der Waals surface area contributed by atoms with E-state index in [0.717, 1.165) is 6.54 Å². The van der Waals surface area contributed by atoms with Crippen LogP contribution in [0, 0.1) is 22.0 Å². The van der Waals surface area contributed by atoms with Crippen LogP contribution in [0.5, 0.6) is 0 Å². The van der Waals surface area contributed by atoms with Gasteiger partial charge in [-0.15, -0.1) is 0 Å². The maximum atomic E-state index is 11.1. The normalized spacial score (nSPS) is 22.2. The van der Waals surface area contributed by atoms with E-state index < -0.39 is 4.92 Å². The lowest BCUT2D eigenvalue weighted by Gasteiger charge is -2.29. The molecule has 1 aliphatic carbocycles. The van der Waals surface area contributed by atoms with Gasteiger partial charge in [-0.25, -0.2) is 0 Å². The number of aldehydes is 1. The summed E-state index contributed by atoms with van der Waals surface area (Å²) < 4.78 is 0. The van der Waals surface area contributed by atoms with Crippen LogP contribution < -0.4 is 5.32 Å². The van der Waals surface area contributed by atoms with Crippen molar-refractivity contribution in [1.82, 2.24) is 0 Å². The second kappa shape index (κ2) is 6.50. The number of rotatable bonds is 5. The van der Waals surface area contributed by atoms with Crippen molar-refractivity contribution in [3.8, 4) is 0 Å². The number of benzene rings is 1. The molecular formula is C15H20N2O3. The van der Waals surface area contributed by atoms with Crippen molar-refractivity contribution < 1.29 is 9.72 Å². The first-order valence-corrected chi connectivity index (χ1v) is 7.09. The van der Waals surface area contributed by atoms with Crippen LogP contribution in [0.1, 0.15) is 43.0 Å².